The van der Waals surface area contributed by atoms with Crippen molar-refractivity contribution in [2.75, 3.05) is 26.7 Å². The number of oxazole rings is 1. The molecule has 1 atom stereocenters. The van der Waals surface area contributed by atoms with E-state index in [1.54, 1.807) is 0 Å². The zero-order valence-electron chi connectivity index (χ0n) is 14.2. The van der Waals surface area contributed by atoms with Crippen molar-refractivity contribution >= 4 is 0 Å². The molecule has 1 unspecified atom stereocenters. The van der Waals surface area contributed by atoms with Gasteiger partial charge in [0.05, 0.1) is 12.2 Å². The summed E-state index contributed by atoms with van der Waals surface area (Å²) in [5, 5.41) is 3.55. The van der Waals surface area contributed by atoms with Crippen LogP contribution in [0, 0.1) is 5.92 Å². The fourth-order valence-corrected chi connectivity index (χ4v) is 3.17. The summed E-state index contributed by atoms with van der Waals surface area (Å²) in [6.07, 6.45) is 5.71. The molecule has 2 aromatic rings. The average Bonchev–Trinajstić information content (AvgIpc) is 3.07. The fourth-order valence-electron chi connectivity index (χ4n) is 3.17. The third-order valence-electron chi connectivity index (χ3n) is 4.79. The van der Waals surface area contributed by atoms with Crippen molar-refractivity contribution in [3.63, 3.8) is 0 Å². The van der Waals surface area contributed by atoms with Crippen LogP contribution < -0.4 is 5.32 Å². The maximum atomic E-state index is 5.91. The van der Waals surface area contributed by atoms with E-state index in [1.165, 1.54) is 32.4 Å². The van der Waals surface area contributed by atoms with E-state index >= 15 is 0 Å². The van der Waals surface area contributed by atoms with Gasteiger partial charge in [-0.3, -0.25) is 0 Å². The molecule has 124 valence electrons. The molecule has 1 aromatic carbocycles. The molecule has 1 fully saturated rings. The van der Waals surface area contributed by atoms with Crippen LogP contribution in [0.2, 0.25) is 0 Å². The summed E-state index contributed by atoms with van der Waals surface area (Å²) in [6, 6.07) is 10.3. The van der Waals surface area contributed by atoms with E-state index in [4.69, 9.17) is 4.42 Å². The molecule has 0 aliphatic carbocycles. The third kappa shape index (κ3) is 4.43. The molecule has 0 amide bonds. The second kappa shape index (κ2) is 7.75. The van der Waals surface area contributed by atoms with Crippen LogP contribution in [0.1, 0.15) is 38.1 Å². The van der Waals surface area contributed by atoms with Gasteiger partial charge < -0.3 is 14.6 Å². The van der Waals surface area contributed by atoms with Crippen LogP contribution in [0.15, 0.2) is 40.9 Å². The number of aromatic nitrogens is 1. The minimum atomic E-state index is 0.152. The molecular weight excluding hydrogens is 286 g/mol. The smallest absolute Gasteiger partial charge is 0.211 e. The van der Waals surface area contributed by atoms with Gasteiger partial charge in [-0.2, -0.15) is 0 Å². The minimum Gasteiger partial charge on any atom is -0.439 e. The van der Waals surface area contributed by atoms with Crippen LogP contribution in [0.4, 0.5) is 0 Å². The van der Waals surface area contributed by atoms with E-state index in [9.17, 15) is 0 Å². The van der Waals surface area contributed by atoms with E-state index in [-0.39, 0.29) is 6.04 Å². The Balaban J connectivity index is 1.47. The second-order valence-corrected chi connectivity index (χ2v) is 6.64. The number of nitrogens with one attached hydrogen (secondary N) is 1. The SMILES string of the molecule is CC(NCCC1CCN(C)CC1)c1ncc(-c2ccccc2)o1. The molecule has 0 radical (unpaired) electrons. The number of likely N-dealkylation sites (tertiary alicyclic amines) is 1. The van der Waals surface area contributed by atoms with E-state index in [1.807, 2.05) is 36.5 Å². The van der Waals surface area contributed by atoms with Crippen LogP contribution >= 0.6 is 0 Å². The van der Waals surface area contributed by atoms with E-state index in [2.05, 4.69) is 29.2 Å². The lowest BCUT2D eigenvalue weighted by atomic mass is 9.94. The van der Waals surface area contributed by atoms with Crippen molar-refractivity contribution in [3.8, 4) is 11.3 Å². The molecule has 1 saturated heterocycles. The molecule has 0 bridgehead atoms. The number of hydrogen-bond acceptors (Lipinski definition) is 4. The molecule has 3 rings (SSSR count). The number of rotatable bonds is 6. The van der Waals surface area contributed by atoms with Crippen LogP contribution in [0.5, 0.6) is 0 Å². The molecule has 2 heterocycles. The maximum absolute atomic E-state index is 5.91. The Morgan fingerprint density at radius 1 is 1.26 bits per heavy atom. The first-order valence-corrected chi connectivity index (χ1v) is 8.65. The first kappa shape index (κ1) is 16.2. The van der Waals surface area contributed by atoms with Crippen molar-refractivity contribution in [1.29, 1.82) is 0 Å². The van der Waals surface area contributed by atoms with E-state index in [0.29, 0.717) is 0 Å². The lowest BCUT2D eigenvalue weighted by Gasteiger charge is -2.29. The zero-order chi connectivity index (χ0) is 16.1. The largest absolute Gasteiger partial charge is 0.439 e. The molecule has 1 aliphatic heterocycles. The summed E-state index contributed by atoms with van der Waals surface area (Å²) >= 11 is 0. The normalized spacial score (nSPS) is 18.2. The zero-order valence-corrected chi connectivity index (χ0v) is 14.2. The highest BCUT2D eigenvalue weighted by Crippen LogP contribution is 2.23. The summed E-state index contributed by atoms with van der Waals surface area (Å²) in [5.74, 6) is 2.46. The van der Waals surface area contributed by atoms with Crippen LogP contribution in [-0.4, -0.2) is 36.6 Å². The molecule has 0 saturated carbocycles. The summed E-state index contributed by atoms with van der Waals surface area (Å²) in [7, 11) is 2.21. The monoisotopic (exact) mass is 313 g/mol. The van der Waals surface area contributed by atoms with Gasteiger partial charge in [-0.1, -0.05) is 30.3 Å². The molecular formula is C19H27N3O. The summed E-state index contributed by atoms with van der Waals surface area (Å²) in [6.45, 7) is 5.62. The number of benzene rings is 1. The van der Waals surface area contributed by atoms with Crippen molar-refractivity contribution < 1.29 is 4.42 Å². The van der Waals surface area contributed by atoms with Gasteiger partial charge in [-0.25, -0.2) is 4.98 Å². The highest BCUT2D eigenvalue weighted by molar-refractivity contribution is 5.55. The highest BCUT2D eigenvalue weighted by Gasteiger charge is 2.17. The Hall–Kier alpha value is -1.65. The van der Waals surface area contributed by atoms with Gasteiger partial charge in [0.2, 0.25) is 5.89 Å². The quantitative estimate of drug-likeness (QED) is 0.882. The molecule has 1 N–H and O–H groups in total. The Kier molecular flexibility index (Phi) is 5.47. The summed E-state index contributed by atoms with van der Waals surface area (Å²) < 4.78 is 5.91. The van der Waals surface area contributed by atoms with Crippen molar-refractivity contribution in [2.45, 2.75) is 32.2 Å². The predicted octanol–water partition coefficient (Wildman–Crippen LogP) is 3.72. The number of hydrogen-bond donors (Lipinski definition) is 1. The van der Waals surface area contributed by atoms with Gasteiger partial charge in [0.1, 0.15) is 0 Å². The molecule has 1 aromatic heterocycles. The Bertz CT molecular complexity index is 588. The Labute approximate surface area is 138 Å². The first-order chi connectivity index (χ1) is 11.2. The number of piperidine rings is 1. The van der Waals surface area contributed by atoms with Gasteiger partial charge in [-0.15, -0.1) is 0 Å². The van der Waals surface area contributed by atoms with Gasteiger partial charge >= 0.3 is 0 Å². The molecule has 23 heavy (non-hydrogen) atoms. The third-order valence-corrected chi connectivity index (χ3v) is 4.79. The first-order valence-electron chi connectivity index (χ1n) is 8.65. The second-order valence-electron chi connectivity index (χ2n) is 6.64. The van der Waals surface area contributed by atoms with Gasteiger partial charge in [0.15, 0.2) is 5.76 Å². The lowest BCUT2D eigenvalue weighted by molar-refractivity contribution is 0.210. The minimum absolute atomic E-state index is 0.152. The summed E-state index contributed by atoms with van der Waals surface area (Å²) in [4.78, 5) is 6.85. The maximum Gasteiger partial charge on any atom is 0.211 e. The van der Waals surface area contributed by atoms with Crippen LogP contribution in [0.25, 0.3) is 11.3 Å². The van der Waals surface area contributed by atoms with Crippen molar-refractivity contribution in [3.05, 3.63) is 42.4 Å². The lowest BCUT2D eigenvalue weighted by Crippen LogP contribution is -2.32. The number of nitrogens with zero attached hydrogens (tertiary/aromatic N) is 2. The van der Waals surface area contributed by atoms with Gasteiger partial charge in [0, 0.05) is 5.56 Å². The van der Waals surface area contributed by atoms with Gasteiger partial charge in [0.25, 0.3) is 0 Å². The summed E-state index contributed by atoms with van der Waals surface area (Å²) in [5.41, 5.74) is 1.07. The van der Waals surface area contributed by atoms with Crippen molar-refractivity contribution in [1.82, 2.24) is 15.2 Å². The Morgan fingerprint density at radius 3 is 2.74 bits per heavy atom. The van der Waals surface area contributed by atoms with Crippen LogP contribution in [0.3, 0.4) is 0 Å². The highest BCUT2D eigenvalue weighted by atomic mass is 16.4. The average molecular weight is 313 g/mol. The molecule has 1 aliphatic rings. The van der Waals surface area contributed by atoms with Crippen LogP contribution in [-0.2, 0) is 0 Å². The fraction of sp³-hybridized carbons (Fsp3) is 0.526. The standard InChI is InChI=1S/C19H27N3O/c1-15(20-11-8-16-9-12-22(2)13-10-16)19-21-14-18(23-19)17-6-4-3-5-7-17/h3-7,14-16,20H,8-13H2,1-2H3. The van der Waals surface area contributed by atoms with E-state index < -0.39 is 0 Å². The molecule has 0 spiro atoms. The Morgan fingerprint density at radius 2 is 2.00 bits per heavy atom. The predicted molar refractivity (Wildman–Crippen MR) is 93.2 cm³/mol. The van der Waals surface area contributed by atoms with E-state index in [0.717, 1.165) is 29.7 Å². The topological polar surface area (TPSA) is 41.3 Å². The van der Waals surface area contributed by atoms with Crippen molar-refractivity contribution in [2.24, 2.45) is 5.92 Å². The molecule has 4 nitrogen and oxygen atoms in total. The molecule has 4 heteroatoms. The van der Waals surface area contributed by atoms with Gasteiger partial charge in [-0.05, 0) is 58.8 Å².